The molecular weight excluding hydrogens is 385 g/mol. The average Bonchev–Trinajstić information content (AvgIpc) is 2.68. The van der Waals surface area contributed by atoms with Crippen LogP contribution in [0.2, 0.25) is 0 Å². The number of benzene rings is 2. The lowest BCUT2D eigenvalue weighted by Gasteiger charge is -2.23. The summed E-state index contributed by atoms with van der Waals surface area (Å²) in [5.41, 5.74) is 1.48. The Kier molecular flexibility index (Phi) is 8.38. The van der Waals surface area contributed by atoms with Crippen molar-refractivity contribution in [2.45, 2.75) is 19.0 Å². The molecule has 1 saturated heterocycles. The van der Waals surface area contributed by atoms with Gasteiger partial charge in [0.2, 0.25) is 5.91 Å². The molecule has 2 amide bonds. The van der Waals surface area contributed by atoms with Crippen LogP contribution >= 0.6 is 12.4 Å². The molecule has 6 nitrogen and oxygen atoms in total. The fourth-order valence-corrected chi connectivity index (χ4v) is 2.81. The molecule has 0 saturated carbocycles. The number of hydrogen-bond acceptors (Lipinski definition) is 4. The number of nitrogens with one attached hydrogen (secondary N) is 3. The number of morpholine rings is 1. The van der Waals surface area contributed by atoms with Crippen molar-refractivity contribution in [2.75, 3.05) is 25.1 Å². The summed E-state index contributed by atoms with van der Waals surface area (Å²) in [5, 5.41) is 8.71. The highest BCUT2D eigenvalue weighted by atomic mass is 35.5. The van der Waals surface area contributed by atoms with Crippen LogP contribution in [0.15, 0.2) is 48.5 Å². The minimum atomic E-state index is -0.353. The summed E-state index contributed by atoms with van der Waals surface area (Å²) in [5.74, 6) is -0.775. The van der Waals surface area contributed by atoms with Gasteiger partial charge in [0.05, 0.1) is 13.2 Å². The number of rotatable bonds is 6. The van der Waals surface area contributed by atoms with E-state index in [9.17, 15) is 14.0 Å². The minimum Gasteiger partial charge on any atom is -0.378 e. The van der Waals surface area contributed by atoms with E-state index in [2.05, 4.69) is 16.0 Å². The van der Waals surface area contributed by atoms with Crippen LogP contribution in [0.4, 0.5) is 10.1 Å². The van der Waals surface area contributed by atoms with E-state index in [1.807, 2.05) is 0 Å². The number of hydrogen-bond donors (Lipinski definition) is 3. The van der Waals surface area contributed by atoms with E-state index >= 15 is 0 Å². The number of amides is 2. The zero-order valence-electron chi connectivity index (χ0n) is 15.2. The standard InChI is InChI=1S/C20H22FN3O3.ClH/c21-18-4-2-1-3-15(18)12-23-20(26)14-5-7-16(8-6-14)24-19(25)11-17-13-27-10-9-22-17;/h1-8,17,22H,9-13H2,(H,23,26)(H,24,25);1H. The molecule has 1 atom stereocenters. The third-order valence-electron chi connectivity index (χ3n) is 4.26. The molecule has 2 aromatic carbocycles. The third-order valence-corrected chi connectivity index (χ3v) is 4.26. The molecule has 0 aromatic heterocycles. The molecule has 2 aromatic rings. The lowest BCUT2D eigenvalue weighted by molar-refractivity contribution is -0.117. The molecule has 1 aliphatic rings. The van der Waals surface area contributed by atoms with Crippen LogP contribution in [-0.2, 0) is 16.1 Å². The van der Waals surface area contributed by atoms with E-state index in [0.29, 0.717) is 36.4 Å². The lowest BCUT2D eigenvalue weighted by atomic mass is 10.1. The second-order valence-electron chi connectivity index (χ2n) is 6.33. The molecule has 1 aliphatic heterocycles. The van der Waals surface area contributed by atoms with E-state index in [1.54, 1.807) is 42.5 Å². The van der Waals surface area contributed by atoms with Gasteiger partial charge >= 0.3 is 0 Å². The second-order valence-corrected chi connectivity index (χ2v) is 6.33. The Labute approximate surface area is 169 Å². The largest absolute Gasteiger partial charge is 0.378 e. The van der Waals surface area contributed by atoms with Gasteiger partial charge in [-0.15, -0.1) is 12.4 Å². The second kappa shape index (κ2) is 10.8. The molecule has 0 radical (unpaired) electrons. The molecule has 3 rings (SSSR count). The Morgan fingerprint density at radius 2 is 1.89 bits per heavy atom. The predicted octanol–water partition coefficient (Wildman–Crippen LogP) is 2.49. The van der Waals surface area contributed by atoms with Crippen LogP contribution in [0.3, 0.4) is 0 Å². The monoisotopic (exact) mass is 407 g/mol. The van der Waals surface area contributed by atoms with Crippen molar-refractivity contribution in [1.82, 2.24) is 10.6 Å². The Morgan fingerprint density at radius 1 is 1.14 bits per heavy atom. The van der Waals surface area contributed by atoms with Crippen LogP contribution in [0.1, 0.15) is 22.3 Å². The zero-order chi connectivity index (χ0) is 19.1. The average molecular weight is 408 g/mol. The van der Waals surface area contributed by atoms with E-state index in [-0.39, 0.29) is 42.6 Å². The van der Waals surface area contributed by atoms with Crippen LogP contribution in [0.5, 0.6) is 0 Å². The highest BCUT2D eigenvalue weighted by Gasteiger charge is 2.17. The number of ether oxygens (including phenoxy) is 1. The van der Waals surface area contributed by atoms with Crippen molar-refractivity contribution in [3.8, 4) is 0 Å². The smallest absolute Gasteiger partial charge is 0.251 e. The van der Waals surface area contributed by atoms with Crippen molar-refractivity contribution in [1.29, 1.82) is 0 Å². The maximum atomic E-state index is 13.6. The van der Waals surface area contributed by atoms with Crippen molar-refractivity contribution >= 4 is 29.9 Å². The molecular formula is C20H23ClFN3O3. The SMILES string of the molecule is Cl.O=C(CC1COCCN1)Nc1ccc(C(=O)NCc2ccccc2F)cc1. The maximum Gasteiger partial charge on any atom is 0.251 e. The van der Waals surface area contributed by atoms with Gasteiger partial charge in [-0.25, -0.2) is 4.39 Å². The molecule has 0 spiro atoms. The molecule has 0 aliphatic carbocycles. The van der Waals surface area contributed by atoms with Crippen molar-refractivity contribution in [3.05, 3.63) is 65.5 Å². The first-order valence-corrected chi connectivity index (χ1v) is 8.84. The van der Waals surface area contributed by atoms with Gasteiger partial charge in [0.1, 0.15) is 5.82 Å². The number of carbonyl (C=O) groups is 2. The molecule has 1 heterocycles. The quantitative estimate of drug-likeness (QED) is 0.687. The summed E-state index contributed by atoms with van der Waals surface area (Å²) in [6.45, 7) is 2.04. The van der Waals surface area contributed by atoms with Crippen LogP contribution in [-0.4, -0.2) is 37.6 Å². The van der Waals surface area contributed by atoms with Gasteiger partial charge in [-0.2, -0.15) is 0 Å². The van der Waals surface area contributed by atoms with E-state index in [4.69, 9.17) is 4.74 Å². The van der Waals surface area contributed by atoms with E-state index in [0.717, 1.165) is 6.54 Å². The number of carbonyl (C=O) groups excluding carboxylic acids is 2. The fraction of sp³-hybridized carbons (Fsp3) is 0.300. The highest BCUT2D eigenvalue weighted by molar-refractivity contribution is 5.95. The van der Waals surface area contributed by atoms with Crippen molar-refractivity contribution < 1.29 is 18.7 Å². The highest BCUT2D eigenvalue weighted by Crippen LogP contribution is 2.12. The number of anilines is 1. The third kappa shape index (κ3) is 6.30. The fourth-order valence-electron chi connectivity index (χ4n) is 2.81. The normalized spacial score (nSPS) is 16.0. The molecule has 28 heavy (non-hydrogen) atoms. The van der Waals surface area contributed by atoms with Crippen LogP contribution in [0.25, 0.3) is 0 Å². The van der Waals surface area contributed by atoms with Gasteiger partial charge < -0.3 is 20.7 Å². The summed E-state index contributed by atoms with van der Waals surface area (Å²) in [6.07, 6.45) is 0.324. The molecule has 150 valence electrons. The number of halogens is 2. The van der Waals surface area contributed by atoms with E-state index < -0.39 is 0 Å². The summed E-state index contributed by atoms with van der Waals surface area (Å²) < 4.78 is 18.9. The maximum absolute atomic E-state index is 13.6. The van der Waals surface area contributed by atoms with Crippen molar-refractivity contribution in [2.24, 2.45) is 0 Å². The lowest BCUT2D eigenvalue weighted by Crippen LogP contribution is -2.43. The Balaban J connectivity index is 0.00000280. The Morgan fingerprint density at radius 3 is 2.57 bits per heavy atom. The van der Waals surface area contributed by atoms with Crippen LogP contribution < -0.4 is 16.0 Å². The first-order chi connectivity index (χ1) is 13.1. The Bertz CT molecular complexity index is 796. The molecule has 3 N–H and O–H groups in total. The molecule has 0 bridgehead atoms. The van der Waals surface area contributed by atoms with Gasteiger partial charge in [-0.1, -0.05) is 18.2 Å². The van der Waals surface area contributed by atoms with Crippen molar-refractivity contribution in [3.63, 3.8) is 0 Å². The molecule has 1 fully saturated rings. The Hall–Kier alpha value is -2.48. The topological polar surface area (TPSA) is 79.5 Å². The predicted molar refractivity (Wildman–Crippen MR) is 107 cm³/mol. The van der Waals surface area contributed by atoms with Gasteiger partial charge in [0.25, 0.3) is 5.91 Å². The minimum absolute atomic E-state index is 0. The zero-order valence-corrected chi connectivity index (χ0v) is 16.1. The first-order valence-electron chi connectivity index (χ1n) is 8.84. The van der Waals surface area contributed by atoms with Gasteiger partial charge in [-0.3, -0.25) is 9.59 Å². The van der Waals surface area contributed by atoms with Crippen LogP contribution in [0, 0.1) is 5.82 Å². The van der Waals surface area contributed by atoms with Gasteiger partial charge in [-0.05, 0) is 30.3 Å². The summed E-state index contributed by atoms with van der Waals surface area (Å²) in [6, 6.07) is 12.9. The summed E-state index contributed by atoms with van der Waals surface area (Å²) in [4.78, 5) is 24.3. The summed E-state index contributed by atoms with van der Waals surface area (Å²) in [7, 11) is 0. The van der Waals surface area contributed by atoms with E-state index in [1.165, 1.54) is 6.07 Å². The first kappa shape index (κ1) is 21.8. The molecule has 1 unspecified atom stereocenters. The molecule has 8 heteroatoms. The van der Waals surface area contributed by atoms with Gasteiger partial charge in [0.15, 0.2) is 0 Å². The summed E-state index contributed by atoms with van der Waals surface area (Å²) >= 11 is 0. The van der Waals surface area contributed by atoms with Gasteiger partial charge in [0, 0.05) is 42.4 Å².